The van der Waals surface area contributed by atoms with Gasteiger partial charge in [0.15, 0.2) is 6.61 Å². The van der Waals surface area contributed by atoms with Crippen LogP contribution in [0, 0.1) is 6.92 Å². The number of pyridine rings is 1. The lowest BCUT2D eigenvalue weighted by atomic mass is 10.2. The van der Waals surface area contributed by atoms with Gasteiger partial charge in [-0.15, -0.1) is 0 Å². The van der Waals surface area contributed by atoms with Gasteiger partial charge >= 0.3 is 0 Å². The summed E-state index contributed by atoms with van der Waals surface area (Å²) in [6, 6.07) is 9.14. The van der Waals surface area contributed by atoms with Crippen LogP contribution in [0.25, 0.3) is 11.4 Å². The van der Waals surface area contributed by atoms with E-state index in [1.807, 2.05) is 25.1 Å². The molecule has 0 radical (unpaired) electrons. The Morgan fingerprint density at radius 3 is 2.95 bits per heavy atom. The first-order valence-electron chi connectivity index (χ1n) is 6.34. The van der Waals surface area contributed by atoms with E-state index in [4.69, 9.17) is 20.9 Å². The van der Waals surface area contributed by atoms with E-state index in [-0.39, 0.29) is 6.61 Å². The predicted molar refractivity (Wildman–Crippen MR) is 78.1 cm³/mol. The Hall–Kier alpha value is -2.40. The van der Waals surface area contributed by atoms with Crippen molar-refractivity contribution in [1.29, 1.82) is 0 Å². The Morgan fingerprint density at radius 2 is 2.19 bits per heavy atom. The molecule has 0 spiro atoms. The minimum Gasteiger partial charge on any atom is -0.484 e. The maximum Gasteiger partial charge on any atom is 0.264 e. The summed E-state index contributed by atoms with van der Waals surface area (Å²) in [5.41, 5.74) is 1.76. The first kappa shape index (κ1) is 13.6. The van der Waals surface area contributed by atoms with Crippen LogP contribution in [-0.4, -0.2) is 15.1 Å². The first-order valence-corrected chi connectivity index (χ1v) is 6.72. The van der Waals surface area contributed by atoms with Crippen LogP contribution < -0.4 is 4.74 Å². The smallest absolute Gasteiger partial charge is 0.264 e. The first-order chi connectivity index (χ1) is 10.2. The number of halogens is 1. The van der Waals surface area contributed by atoms with E-state index in [0.717, 1.165) is 11.1 Å². The number of hydrogen-bond donors (Lipinski definition) is 0. The Labute approximate surface area is 126 Å². The molecule has 0 amide bonds. The number of nitrogens with zero attached hydrogens (tertiary/aromatic N) is 3. The molecule has 2 aromatic heterocycles. The van der Waals surface area contributed by atoms with Gasteiger partial charge in [-0.25, -0.2) is 0 Å². The summed E-state index contributed by atoms with van der Waals surface area (Å²) in [7, 11) is 0. The van der Waals surface area contributed by atoms with E-state index in [1.165, 1.54) is 0 Å². The van der Waals surface area contributed by atoms with Crippen molar-refractivity contribution >= 4 is 11.6 Å². The van der Waals surface area contributed by atoms with Gasteiger partial charge in [-0.1, -0.05) is 16.8 Å². The highest BCUT2D eigenvalue weighted by Gasteiger charge is 2.09. The van der Waals surface area contributed by atoms with Gasteiger partial charge in [0.05, 0.1) is 0 Å². The summed E-state index contributed by atoms with van der Waals surface area (Å²) in [4.78, 5) is 8.28. The zero-order valence-electron chi connectivity index (χ0n) is 11.3. The third-order valence-corrected chi connectivity index (χ3v) is 3.30. The van der Waals surface area contributed by atoms with E-state index in [2.05, 4.69) is 15.1 Å². The number of hydrogen-bond acceptors (Lipinski definition) is 5. The summed E-state index contributed by atoms with van der Waals surface area (Å²) < 4.78 is 10.8. The summed E-state index contributed by atoms with van der Waals surface area (Å²) in [5, 5.41) is 4.61. The molecule has 0 atom stereocenters. The fraction of sp³-hybridized carbons (Fsp3) is 0.133. The van der Waals surface area contributed by atoms with E-state index in [0.29, 0.717) is 22.5 Å². The van der Waals surface area contributed by atoms with Crippen LogP contribution in [0.2, 0.25) is 5.02 Å². The largest absolute Gasteiger partial charge is 0.484 e. The molecule has 0 unspecified atom stereocenters. The van der Waals surface area contributed by atoms with Crippen LogP contribution >= 0.6 is 11.6 Å². The lowest BCUT2D eigenvalue weighted by molar-refractivity contribution is 0.243. The van der Waals surface area contributed by atoms with E-state index in [1.54, 1.807) is 24.5 Å². The van der Waals surface area contributed by atoms with Crippen LogP contribution in [0.5, 0.6) is 5.75 Å². The zero-order valence-corrected chi connectivity index (χ0v) is 12.0. The number of aromatic nitrogens is 3. The van der Waals surface area contributed by atoms with Crippen molar-refractivity contribution in [3.63, 3.8) is 0 Å². The summed E-state index contributed by atoms with van der Waals surface area (Å²) >= 11 is 5.97. The van der Waals surface area contributed by atoms with E-state index in [9.17, 15) is 0 Å². The number of aryl methyl sites for hydroxylation is 1. The maximum absolute atomic E-state index is 5.97. The summed E-state index contributed by atoms with van der Waals surface area (Å²) in [6.45, 7) is 2.12. The zero-order chi connectivity index (χ0) is 14.7. The summed E-state index contributed by atoms with van der Waals surface area (Å²) in [6.07, 6.45) is 3.37. The molecule has 0 saturated carbocycles. The molecule has 0 fully saturated rings. The molecule has 106 valence electrons. The molecule has 0 aliphatic heterocycles. The van der Waals surface area contributed by atoms with Gasteiger partial charge in [0, 0.05) is 23.0 Å². The van der Waals surface area contributed by atoms with Crippen molar-refractivity contribution in [3.05, 3.63) is 59.2 Å². The molecule has 5 nitrogen and oxygen atoms in total. The second kappa shape index (κ2) is 5.93. The van der Waals surface area contributed by atoms with Gasteiger partial charge in [0.1, 0.15) is 5.75 Å². The lowest BCUT2D eigenvalue weighted by Gasteiger charge is -2.04. The molecular weight excluding hydrogens is 290 g/mol. The van der Waals surface area contributed by atoms with Crippen LogP contribution in [0.1, 0.15) is 11.5 Å². The molecule has 0 N–H and O–H groups in total. The Kier molecular flexibility index (Phi) is 3.83. The highest BCUT2D eigenvalue weighted by Crippen LogP contribution is 2.22. The molecule has 0 aliphatic carbocycles. The van der Waals surface area contributed by atoms with Crippen LogP contribution in [-0.2, 0) is 6.61 Å². The van der Waals surface area contributed by atoms with Crippen LogP contribution in [0.15, 0.2) is 47.2 Å². The Morgan fingerprint density at radius 1 is 1.29 bits per heavy atom. The van der Waals surface area contributed by atoms with Crippen LogP contribution in [0.4, 0.5) is 0 Å². The van der Waals surface area contributed by atoms with Crippen molar-refractivity contribution < 1.29 is 9.26 Å². The third kappa shape index (κ3) is 3.20. The van der Waals surface area contributed by atoms with Crippen molar-refractivity contribution in [3.8, 4) is 17.1 Å². The predicted octanol–water partition coefficient (Wildman–Crippen LogP) is 3.67. The van der Waals surface area contributed by atoms with Crippen molar-refractivity contribution in [2.75, 3.05) is 0 Å². The quantitative estimate of drug-likeness (QED) is 0.735. The maximum atomic E-state index is 5.97. The van der Waals surface area contributed by atoms with Gasteiger partial charge in [-0.2, -0.15) is 4.98 Å². The lowest BCUT2D eigenvalue weighted by Crippen LogP contribution is -1.96. The van der Waals surface area contributed by atoms with Crippen molar-refractivity contribution in [2.24, 2.45) is 0 Å². The average Bonchev–Trinajstić information content (AvgIpc) is 2.98. The van der Waals surface area contributed by atoms with E-state index < -0.39 is 0 Å². The summed E-state index contributed by atoms with van der Waals surface area (Å²) in [5.74, 6) is 1.61. The minimum absolute atomic E-state index is 0.203. The van der Waals surface area contributed by atoms with Crippen molar-refractivity contribution in [1.82, 2.24) is 15.1 Å². The molecular formula is C15H12ClN3O2. The molecule has 3 rings (SSSR count). The number of rotatable bonds is 4. The van der Waals surface area contributed by atoms with E-state index >= 15 is 0 Å². The highest BCUT2D eigenvalue weighted by molar-refractivity contribution is 6.31. The topological polar surface area (TPSA) is 61.0 Å². The molecule has 21 heavy (non-hydrogen) atoms. The standard InChI is InChI=1S/C15H12ClN3O2/c1-10-7-12(4-5-13(10)16)20-9-14-18-15(19-21-14)11-3-2-6-17-8-11/h2-8H,9H2,1H3. The van der Waals surface area contributed by atoms with Gasteiger partial charge in [0.25, 0.3) is 5.89 Å². The molecule has 1 aromatic carbocycles. The fourth-order valence-corrected chi connectivity index (χ4v) is 1.90. The molecule has 6 heteroatoms. The number of benzene rings is 1. The Balaban J connectivity index is 1.69. The molecule has 3 aromatic rings. The van der Waals surface area contributed by atoms with Gasteiger partial charge in [-0.3, -0.25) is 4.98 Å². The Bertz CT molecular complexity index is 744. The third-order valence-electron chi connectivity index (χ3n) is 2.88. The van der Waals surface area contributed by atoms with Crippen molar-refractivity contribution in [2.45, 2.75) is 13.5 Å². The normalized spacial score (nSPS) is 10.6. The molecule has 0 saturated heterocycles. The van der Waals surface area contributed by atoms with Gasteiger partial charge < -0.3 is 9.26 Å². The van der Waals surface area contributed by atoms with Crippen LogP contribution in [0.3, 0.4) is 0 Å². The monoisotopic (exact) mass is 301 g/mol. The minimum atomic E-state index is 0.203. The second-order valence-corrected chi connectivity index (χ2v) is 4.86. The molecule has 0 bridgehead atoms. The molecule has 2 heterocycles. The molecule has 0 aliphatic rings. The fourth-order valence-electron chi connectivity index (χ4n) is 1.78. The second-order valence-electron chi connectivity index (χ2n) is 4.45. The number of ether oxygens (including phenoxy) is 1. The highest BCUT2D eigenvalue weighted by atomic mass is 35.5. The van der Waals surface area contributed by atoms with Gasteiger partial charge in [-0.05, 0) is 42.8 Å². The average molecular weight is 302 g/mol. The van der Waals surface area contributed by atoms with Gasteiger partial charge in [0.2, 0.25) is 5.82 Å². The SMILES string of the molecule is Cc1cc(OCc2nc(-c3cccnc3)no2)ccc1Cl.